The average Bonchev–Trinajstić information content (AvgIpc) is 3.05. The molecular weight excluding hydrogens is 380 g/mol. The molecule has 30 heavy (non-hydrogen) atoms. The molecule has 0 spiro atoms. The van der Waals surface area contributed by atoms with Crippen molar-refractivity contribution >= 4 is 17.7 Å². The van der Waals surface area contributed by atoms with Gasteiger partial charge in [0.05, 0.1) is 0 Å². The third kappa shape index (κ3) is 4.57. The molecule has 0 bridgehead atoms. The Labute approximate surface area is 178 Å². The summed E-state index contributed by atoms with van der Waals surface area (Å²) in [5.74, 6) is 0.838. The summed E-state index contributed by atoms with van der Waals surface area (Å²) in [4.78, 5) is 37.9. The monoisotopic (exact) mass is 412 g/mol. The predicted molar refractivity (Wildman–Crippen MR) is 114 cm³/mol. The molecule has 1 aromatic carbocycles. The van der Waals surface area contributed by atoms with Crippen LogP contribution >= 0.6 is 0 Å². The van der Waals surface area contributed by atoms with E-state index in [4.69, 9.17) is 0 Å². The van der Waals surface area contributed by atoms with E-state index >= 15 is 0 Å². The van der Waals surface area contributed by atoms with Gasteiger partial charge in [0.15, 0.2) is 0 Å². The number of nitrogens with one attached hydrogen (secondary N) is 3. The van der Waals surface area contributed by atoms with Gasteiger partial charge in [0.1, 0.15) is 6.04 Å². The van der Waals surface area contributed by atoms with Gasteiger partial charge in [0, 0.05) is 25.1 Å². The zero-order chi connectivity index (χ0) is 21.1. The highest BCUT2D eigenvalue weighted by atomic mass is 16.2. The van der Waals surface area contributed by atoms with Gasteiger partial charge in [0.2, 0.25) is 11.8 Å². The maximum atomic E-state index is 12.8. The van der Waals surface area contributed by atoms with E-state index in [-0.39, 0.29) is 24.1 Å². The first-order chi connectivity index (χ1) is 14.5. The van der Waals surface area contributed by atoms with E-state index in [9.17, 15) is 14.4 Å². The van der Waals surface area contributed by atoms with Gasteiger partial charge in [-0.1, -0.05) is 12.1 Å². The topological polar surface area (TPSA) is 90.5 Å². The van der Waals surface area contributed by atoms with Crippen LogP contribution in [-0.4, -0.2) is 48.8 Å². The maximum absolute atomic E-state index is 12.8. The van der Waals surface area contributed by atoms with Crippen molar-refractivity contribution < 1.29 is 14.4 Å². The second-order valence-corrected chi connectivity index (χ2v) is 8.97. The molecule has 162 valence electrons. The second kappa shape index (κ2) is 9.27. The second-order valence-electron chi connectivity index (χ2n) is 8.97. The number of carbonyl (C=O) groups is 3. The number of piperidine rings is 1. The first-order valence-corrected chi connectivity index (χ1v) is 11.2. The first kappa shape index (κ1) is 21.0. The van der Waals surface area contributed by atoms with Crippen LogP contribution in [0.25, 0.3) is 0 Å². The van der Waals surface area contributed by atoms with E-state index in [2.05, 4.69) is 22.0 Å². The lowest BCUT2D eigenvalue weighted by Crippen LogP contribution is -2.52. The summed E-state index contributed by atoms with van der Waals surface area (Å²) in [5, 5.41) is 9.23. The fourth-order valence-corrected chi connectivity index (χ4v) is 5.09. The molecular formula is C23H32N4O3. The highest BCUT2D eigenvalue weighted by Gasteiger charge is 2.39. The van der Waals surface area contributed by atoms with Gasteiger partial charge in [-0.2, -0.15) is 0 Å². The van der Waals surface area contributed by atoms with Gasteiger partial charge in [0.25, 0.3) is 5.91 Å². The highest BCUT2D eigenvalue weighted by Crippen LogP contribution is 2.29. The van der Waals surface area contributed by atoms with Crippen molar-refractivity contribution in [1.29, 1.82) is 0 Å². The summed E-state index contributed by atoms with van der Waals surface area (Å²) >= 11 is 0. The smallest absolute Gasteiger partial charge is 0.255 e. The highest BCUT2D eigenvalue weighted by molar-refractivity contribution is 6.05. The Bertz CT molecular complexity index is 817. The fraction of sp³-hybridized carbons (Fsp3) is 0.609. The van der Waals surface area contributed by atoms with E-state index in [1.54, 1.807) is 4.90 Å². The molecule has 0 radical (unpaired) electrons. The number of nitrogens with zero attached hydrogens (tertiary/aromatic N) is 1. The standard InChI is InChI=1S/C23H32N4O3/c1-24-11-15-2-4-16(5-3-15)12-25-13-17-6-7-19-18(10-17)14-27(23(19)30)20-8-9-21(28)26-22(20)29/h6-7,10,15-16,20,24-25H,2-5,8-9,11-14H2,1H3,(H,26,28,29). The summed E-state index contributed by atoms with van der Waals surface area (Å²) in [6, 6.07) is 5.41. The van der Waals surface area contributed by atoms with Gasteiger partial charge in [-0.05, 0) is 81.3 Å². The lowest BCUT2D eigenvalue weighted by atomic mass is 9.82. The van der Waals surface area contributed by atoms with Crippen molar-refractivity contribution in [2.24, 2.45) is 11.8 Å². The van der Waals surface area contributed by atoms with E-state index in [0.29, 0.717) is 18.5 Å². The lowest BCUT2D eigenvalue weighted by molar-refractivity contribution is -0.136. The zero-order valence-electron chi connectivity index (χ0n) is 17.7. The summed E-state index contributed by atoms with van der Waals surface area (Å²) in [6.45, 7) is 3.38. The molecule has 1 aromatic rings. The molecule has 7 heteroatoms. The molecule has 2 fully saturated rings. The number of fused-ring (bicyclic) bond motifs is 1. The van der Waals surface area contributed by atoms with Gasteiger partial charge < -0.3 is 15.5 Å². The molecule has 7 nitrogen and oxygen atoms in total. The molecule has 2 aliphatic heterocycles. The predicted octanol–water partition coefficient (Wildman–Crippen LogP) is 1.56. The third-order valence-electron chi connectivity index (χ3n) is 6.81. The first-order valence-electron chi connectivity index (χ1n) is 11.2. The summed E-state index contributed by atoms with van der Waals surface area (Å²) in [6.07, 6.45) is 5.88. The van der Waals surface area contributed by atoms with Crippen molar-refractivity contribution in [2.45, 2.75) is 57.7 Å². The van der Waals surface area contributed by atoms with Crippen molar-refractivity contribution in [3.63, 3.8) is 0 Å². The Kier molecular flexibility index (Phi) is 6.49. The van der Waals surface area contributed by atoms with Crippen LogP contribution in [0.4, 0.5) is 0 Å². The SMILES string of the molecule is CNCC1CCC(CNCc2ccc3c(c2)CN(C2CCC(=O)NC2=O)C3=O)CC1. The van der Waals surface area contributed by atoms with Crippen LogP contribution in [0.1, 0.15) is 60.0 Å². The van der Waals surface area contributed by atoms with Gasteiger partial charge in [-0.3, -0.25) is 19.7 Å². The normalized spacial score (nSPS) is 26.6. The van der Waals surface area contributed by atoms with E-state index in [1.165, 1.54) is 25.7 Å². The van der Waals surface area contributed by atoms with Crippen molar-refractivity contribution in [3.05, 3.63) is 34.9 Å². The summed E-state index contributed by atoms with van der Waals surface area (Å²) in [7, 11) is 2.03. The molecule has 2 heterocycles. The quantitative estimate of drug-likeness (QED) is 0.592. The minimum Gasteiger partial charge on any atom is -0.322 e. The number of hydrogen-bond donors (Lipinski definition) is 3. The average molecular weight is 413 g/mol. The van der Waals surface area contributed by atoms with Crippen molar-refractivity contribution in [1.82, 2.24) is 20.9 Å². The van der Waals surface area contributed by atoms with E-state index in [0.717, 1.165) is 42.6 Å². The summed E-state index contributed by atoms with van der Waals surface area (Å²) < 4.78 is 0. The maximum Gasteiger partial charge on any atom is 0.255 e. The number of amides is 3. The van der Waals surface area contributed by atoms with E-state index in [1.807, 2.05) is 19.2 Å². The molecule has 1 aliphatic carbocycles. The molecule has 4 rings (SSSR count). The minimum atomic E-state index is -0.554. The Hall–Kier alpha value is -2.25. The minimum absolute atomic E-state index is 0.114. The molecule has 1 saturated carbocycles. The van der Waals surface area contributed by atoms with Gasteiger partial charge >= 0.3 is 0 Å². The number of benzene rings is 1. The number of carbonyl (C=O) groups excluding carboxylic acids is 3. The van der Waals surface area contributed by atoms with Crippen LogP contribution < -0.4 is 16.0 Å². The Balaban J connectivity index is 1.29. The number of rotatable bonds is 7. The van der Waals surface area contributed by atoms with Gasteiger partial charge in [-0.15, -0.1) is 0 Å². The van der Waals surface area contributed by atoms with Crippen LogP contribution in [-0.2, 0) is 22.7 Å². The summed E-state index contributed by atoms with van der Waals surface area (Å²) in [5.41, 5.74) is 2.80. The van der Waals surface area contributed by atoms with Crippen LogP contribution in [0, 0.1) is 11.8 Å². The van der Waals surface area contributed by atoms with E-state index < -0.39 is 6.04 Å². The van der Waals surface area contributed by atoms with Crippen LogP contribution in [0.2, 0.25) is 0 Å². The Morgan fingerprint density at radius 2 is 1.77 bits per heavy atom. The molecule has 3 amide bonds. The van der Waals surface area contributed by atoms with Crippen LogP contribution in [0.15, 0.2) is 18.2 Å². The molecule has 1 saturated heterocycles. The largest absolute Gasteiger partial charge is 0.322 e. The number of hydrogen-bond acceptors (Lipinski definition) is 5. The Morgan fingerprint density at radius 1 is 1.03 bits per heavy atom. The zero-order valence-corrected chi connectivity index (χ0v) is 17.7. The molecule has 1 unspecified atom stereocenters. The Morgan fingerprint density at radius 3 is 2.47 bits per heavy atom. The van der Waals surface area contributed by atoms with Gasteiger partial charge in [-0.25, -0.2) is 0 Å². The molecule has 1 atom stereocenters. The van der Waals surface area contributed by atoms with Crippen molar-refractivity contribution in [3.8, 4) is 0 Å². The fourth-order valence-electron chi connectivity index (χ4n) is 5.09. The third-order valence-corrected chi connectivity index (χ3v) is 6.81. The van der Waals surface area contributed by atoms with Crippen molar-refractivity contribution in [2.75, 3.05) is 20.1 Å². The lowest BCUT2D eigenvalue weighted by Gasteiger charge is -2.29. The molecule has 3 aliphatic rings. The molecule has 0 aromatic heterocycles. The van der Waals surface area contributed by atoms with Crippen LogP contribution in [0.5, 0.6) is 0 Å². The molecule has 3 N–H and O–H groups in total. The number of imide groups is 1. The van der Waals surface area contributed by atoms with Crippen LogP contribution in [0.3, 0.4) is 0 Å².